The van der Waals surface area contributed by atoms with Crippen molar-refractivity contribution in [3.05, 3.63) is 35.4 Å². The molecule has 0 bridgehead atoms. The van der Waals surface area contributed by atoms with Gasteiger partial charge in [-0.25, -0.2) is 14.5 Å². The quantitative estimate of drug-likeness (QED) is 0.794. The molecule has 4 amide bonds. The largest absolute Gasteiger partial charge is 0.328 e. The normalized spacial score (nSPS) is 21.3. The van der Waals surface area contributed by atoms with Crippen LogP contribution in [0.3, 0.4) is 0 Å². The third kappa shape index (κ3) is 3.70. The number of benzene rings is 1. The van der Waals surface area contributed by atoms with Crippen molar-refractivity contribution in [2.75, 3.05) is 0 Å². The molecule has 0 unspecified atom stereocenters. The van der Waals surface area contributed by atoms with Crippen LogP contribution in [0.15, 0.2) is 24.3 Å². The Bertz CT molecular complexity index is 595. The molecule has 1 aromatic rings. The van der Waals surface area contributed by atoms with Crippen LogP contribution in [-0.4, -0.2) is 29.3 Å². The number of aryl methyl sites for hydroxylation is 1. The van der Waals surface area contributed by atoms with E-state index < -0.39 is 6.29 Å². The Kier molecular flexibility index (Phi) is 5.04. The summed E-state index contributed by atoms with van der Waals surface area (Å²) in [6.07, 6.45) is 4.59. The summed E-state index contributed by atoms with van der Waals surface area (Å²) in [6.45, 7) is 4.06. The van der Waals surface area contributed by atoms with Crippen molar-refractivity contribution in [3.8, 4) is 0 Å². The summed E-state index contributed by atoms with van der Waals surface area (Å²) in [5.74, 6) is 0. The van der Waals surface area contributed by atoms with Crippen LogP contribution in [0.2, 0.25) is 0 Å². The van der Waals surface area contributed by atoms with Crippen LogP contribution in [0.1, 0.15) is 56.2 Å². The second-order valence-corrected chi connectivity index (χ2v) is 6.80. The van der Waals surface area contributed by atoms with Gasteiger partial charge in [0.15, 0.2) is 6.29 Å². The van der Waals surface area contributed by atoms with Crippen molar-refractivity contribution >= 4 is 12.1 Å². The Hall–Kier alpha value is -2.08. The number of nitrogens with one attached hydrogen (secondary N) is 3. The number of carbonyl (C=O) groups is 2. The van der Waals surface area contributed by atoms with Crippen LogP contribution in [-0.2, 0) is 0 Å². The fourth-order valence-corrected chi connectivity index (χ4v) is 3.55. The van der Waals surface area contributed by atoms with E-state index in [1.807, 2.05) is 32.0 Å². The molecule has 2 aliphatic rings. The van der Waals surface area contributed by atoms with Crippen LogP contribution in [0, 0.1) is 6.92 Å². The van der Waals surface area contributed by atoms with Crippen LogP contribution >= 0.6 is 0 Å². The summed E-state index contributed by atoms with van der Waals surface area (Å²) in [5.41, 5.74) is 2.30. The van der Waals surface area contributed by atoms with Gasteiger partial charge in [0.1, 0.15) is 0 Å². The molecule has 1 saturated carbocycles. The third-order valence-electron chi connectivity index (χ3n) is 4.87. The van der Waals surface area contributed by atoms with E-state index in [-0.39, 0.29) is 24.1 Å². The number of nitrogens with zero attached hydrogens (tertiary/aromatic N) is 1. The molecular weight excluding hydrogens is 304 g/mol. The van der Waals surface area contributed by atoms with Crippen molar-refractivity contribution in [2.24, 2.45) is 0 Å². The number of hydrogen-bond donors (Lipinski definition) is 3. The maximum Gasteiger partial charge on any atom is 0.328 e. The first-order valence-electron chi connectivity index (χ1n) is 8.77. The molecule has 6 heteroatoms. The number of rotatable bonds is 4. The first-order chi connectivity index (χ1) is 11.5. The molecule has 24 heavy (non-hydrogen) atoms. The van der Waals surface area contributed by atoms with E-state index in [0.717, 1.165) is 31.2 Å². The smallest absolute Gasteiger partial charge is 0.304 e. The number of amides is 4. The van der Waals surface area contributed by atoms with Crippen molar-refractivity contribution < 1.29 is 9.59 Å². The van der Waals surface area contributed by atoms with Gasteiger partial charge in [-0.1, -0.05) is 49.1 Å². The molecule has 3 rings (SSSR count). The van der Waals surface area contributed by atoms with Gasteiger partial charge < -0.3 is 10.6 Å². The molecule has 3 N–H and O–H groups in total. The fourth-order valence-electron chi connectivity index (χ4n) is 3.55. The third-order valence-corrected chi connectivity index (χ3v) is 4.87. The van der Waals surface area contributed by atoms with Crippen molar-refractivity contribution in [2.45, 2.75) is 64.3 Å². The molecule has 130 valence electrons. The minimum absolute atomic E-state index is 0.0109. The lowest BCUT2D eigenvalue weighted by molar-refractivity contribution is 0.130. The highest BCUT2D eigenvalue weighted by atomic mass is 16.2. The van der Waals surface area contributed by atoms with Gasteiger partial charge in [0.05, 0.1) is 0 Å². The molecule has 0 radical (unpaired) electrons. The number of urea groups is 2. The summed E-state index contributed by atoms with van der Waals surface area (Å²) in [4.78, 5) is 26.2. The second-order valence-electron chi connectivity index (χ2n) is 6.80. The van der Waals surface area contributed by atoms with E-state index in [9.17, 15) is 9.59 Å². The number of imide groups is 1. The van der Waals surface area contributed by atoms with E-state index in [2.05, 4.69) is 22.0 Å². The van der Waals surface area contributed by atoms with E-state index >= 15 is 0 Å². The van der Waals surface area contributed by atoms with E-state index in [4.69, 9.17) is 0 Å². The van der Waals surface area contributed by atoms with Gasteiger partial charge in [-0.05, 0) is 32.3 Å². The lowest BCUT2D eigenvalue weighted by atomic mass is 9.94. The predicted octanol–water partition coefficient (Wildman–Crippen LogP) is 3.00. The fraction of sp³-hybridized carbons (Fsp3) is 0.556. The standard InChI is InChI=1S/C18H26N4O2/c1-12-7-6-8-14(11-12)13(2)19-16-20-17(23)22(18(24)21-16)15-9-4-3-5-10-15/h6-8,11,13,15-16,19H,3-5,9-10H2,1-2H3,(H,20,23)(H,21,24)/t13-/m0/s1. The lowest BCUT2D eigenvalue weighted by Gasteiger charge is -2.39. The second kappa shape index (κ2) is 7.21. The maximum atomic E-state index is 12.4. The van der Waals surface area contributed by atoms with Gasteiger partial charge in [0.2, 0.25) is 0 Å². The minimum atomic E-state index is -0.555. The predicted molar refractivity (Wildman–Crippen MR) is 92.3 cm³/mol. The molecular formula is C18H26N4O2. The molecule has 1 aliphatic carbocycles. The molecule has 0 spiro atoms. The highest BCUT2D eigenvalue weighted by molar-refractivity contribution is 5.96. The van der Waals surface area contributed by atoms with Gasteiger partial charge in [-0.3, -0.25) is 5.32 Å². The summed E-state index contributed by atoms with van der Waals surface area (Å²) in [5, 5.41) is 8.96. The van der Waals surface area contributed by atoms with Crippen molar-refractivity contribution in [1.82, 2.24) is 20.9 Å². The first-order valence-corrected chi connectivity index (χ1v) is 8.77. The van der Waals surface area contributed by atoms with E-state index in [1.165, 1.54) is 16.9 Å². The molecule has 0 aromatic heterocycles. The molecule has 1 aromatic carbocycles. The summed E-state index contributed by atoms with van der Waals surface area (Å²) in [7, 11) is 0. The van der Waals surface area contributed by atoms with Gasteiger partial charge in [-0.15, -0.1) is 0 Å². The molecule has 2 fully saturated rings. The molecule has 1 saturated heterocycles. The summed E-state index contributed by atoms with van der Waals surface area (Å²) >= 11 is 0. The SMILES string of the molecule is Cc1cccc([C@H](C)NC2NC(=O)N(C3CCCCC3)C(=O)N2)c1. The Morgan fingerprint density at radius 1 is 1.12 bits per heavy atom. The van der Waals surface area contributed by atoms with Gasteiger partial charge in [0, 0.05) is 12.1 Å². The Balaban J connectivity index is 1.61. The van der Waals surface area contributed by atoms with Gasteiger partial charge >= 0.3 is 12.1 Å². The zero-order valence-corrected chi connectivity index (χ0v) is 14.3. The zero-order valence-electron chi connectivity index (χ0n) is 14.3. The van der Waals surface area contributed by atoms with Gasteiger partial charge in [-0.2, -0.15) is 0 Å². The van der Waals surface area contributed by atoms with Crippen molar-refractivity contribution in [3.63, 3.8) is 0 Å². The average Bonchev–Trinajstić information content (AvgIpc) is 2.55. The summed E-state index contributed by atoms with van der Waals surface area (Å²) < 4.78 is 0. The Morgan fingerprint density at radius 2 is 1.79 bits per heavy atom. The average molecular weight is 330 g/mol. The molecule has 1 atom stereocenters. The van der Waals surface area contributed by atoms with Crippen LogP contribution in [0.5, 0.6) is 0 Å². The molecule has 6 nitrogen and oxygen atoms in total. The maximum absolute atomic E-state index is 12.4. The number of carbonyl (C=O) groups excluding carboxylic acids is 2. The monoisotopic (exact) mass is 330 g/mol. The van der Waals surface area contributed by atoms with Crippen LogP contribution < -0.4 is 16.0 Å². The summed E-state index contributed by atoms with van der Waals surface area (Å²) in [6, 6.07) is 7.60. The van der Waals surface area contributed by atoms with E-state index in [1.54, 1.807) is 0 Å². The van der Waals surface area contributed by atoms with Gasteiger partial charge in [0.25, 0.3) is 0 Å². The van der Waals surface area contributed by atoms with Crippen LogP contribution in [0.4, 0.5) is 9.59 Å². The van der Waals surface area contributed by atoms with E-state index in [0.29, 0.717) is 0 Å². The van der Waals surface area contributed by atoms with Crippen LogP contribution in [0.25, 0.3) is 0 Å². The highest BCUT2D eigenvalue weighted by Crippen LogP contribution is 2.24. The van der Waals surface area contributed by atoms with Crippen molar-refractivity contribution in [1.29, 1.82) is 0 Å². The Labute approximate surface area is 143 Å². The molecule has 1 heterocycles. The Morgan fingerprint density at radius 3 is 2.42 bits per heavy atom. The number of hydrogen-bond acceptors (Lipinski definition) is 3. The molecule has 1 aliphatic heterocycles. The minimum Gasteiger partial charge on any atom is -0.304 e. The zero-order chi connectivity index (χ0) is 17.1. The first kappa shape index (κ1) is 16.8. The lowest BCUT2D eigenvalue weighted by Crippen LogP contribution is -2.69. The highest BCUT2D eigenvalue weighted by Gasteiger charge is 2.37. The topological polar surface area (TPSA) is 73.5 Å².